The molecule has 0 aromatic rings. The lowest BCUT2D eigenvalue weighted by atomic mass is 9.79. The Morgan fingerprint density at radius 1 is 1.18 bits per heavy atom. The molecule has 2 aliphatic carbocycles. The van der Waals surface area contributed by atoms with E-state index in [1.54, 1.807) is 0 Å². The minimum atomic E-state index is 0.394. The second-order valence-electron chi connectivity index (χ2n) is 6.96. The van der Waals surface area contributed by atoms with Gasteiger partial charge in [-0.15, -0.1) is 0 Å². The van der Waals surface area contributed by atoms with Crippen molar-refractivity contribution in [1.29, 1.82) is 0 Å². The minimum Gasteiger partial charge on any atom is -0.378 e. The van der Waals surface area contributed by atoms with Crippen LogP contribution in [0.3, 0.4) is 0 Å². The Bertz CT molecular complexity index is 264. The van der Waals surface area contributed by atoms with Gasteiger partial charge in [0.1, 0.15) is 0 Å². The molecule has 2 bridgehead atoms. The van der Waals surface area contributed by atoms with E-state index in [2.05, 4.69) is 18.7 Å². The Morgan fingerprint density at radius 3 is 2.35 bits per heavy atom. The number of rotatable bonds is 5. The van der Waals surface area contributed by atoms with Crippen LogP contribution in [0.25, 0.3) is 0 Å². The predicted molar refractivity (Wildman–Crippen MR) is 70.1 cm³/mol. The molecule has 0 atom stereocenters. The summed E-state index contributed by atoms with van der Waals surface area (Å²) in [6.45, 7) is 8.01. The zero-order valence-corrected chi connectivity index (χ0v) is 11.5. The zero-order chi connectivity index (χ0) is 11.9. The number of hydrogen-bond acceptors (Lipinski definition) is 2. The largest absolute Gasteiger partial charge is 0.378 e. The molecule has 2 saturated heterocycles. The summed E-state index contributed by atoms with van der Waals surface area (Å²) >= 11 is 0. The van der Waals surface area contributed by atoms with Gasteiger partial charge in [0, 0.05) is 24.5 Å². The van der Waals surface area contributed by atoms with Gasteiger partial charge in [0.2, 0.25) is 0 Å². The van der Waals surface area contributed by atoms with E-state index in [0.29, 0.717) is 11.5 Å². The molecule has 0 aromatic carbocycles. The monoisotopic (exact) mass is 237 g/mol. The quantitative estimate of drug-likeness (QED) is 0.728. The van der Waals surface area contributed by atoms with Gasteiger partial charge in [-0.25, -0.2) is 0 Å². The third-order valence-corrected chi connectivity index (χ3v) is 5.04. The van der Waals surface area contributed by atoms with Crippen molar-refractivity contribution in [1.82, 2.24) is 4.90 Å². The fourth-order valence-corrected chi connectivity index (χ4v) is 3.67. The number of nitrogens with zero attached hydrogens (tertiary/aromatic N) is 1. The van der Waals surface area contributed by atoms with Crippen LogP contribution >= 0.6 is 0 Å². The van der Waals surface area contributed by atoms with Crippen LogP contribution in [0.1, 0.15) is 52.4 Å². The summed E-state index contributed by atoms with van der Waals surface area (Å²) in [6, 6.07) is 0.913. The Labute approximate surface area is 106 Å². The molecule has 2 heteroatoms. The lowest BCUT2D eigenvalue weighted by Crippen LogP contribution is -2.50. The van der Waals surface area contributed by atoms with E-state index < -0.39 is 0 Å². The maximum Gasteiger partial charge on any atom is 0.0538 e. The predicted octanol–water partition coefficient (Wildman–Crippen LogP) is 3.07. The Balaban J connectivity index is 1.53. The summed E-state index contributed by atoms with van der Waals surface area (Å²) in [5.74, 6) is 1.02. The van der Waals surface area contributed by atoms with Crippen LogP contribution in [0.15, 0.2) is 0 Å². The zero-order valence-electron chi connectivity index (χ0n) is 11.5. The smallest absolute Gasteiger partial charge is 0.0538 e. The Morgan fingerprint density at radius 2 is 1.88 bits per heavy atom. The highest BCUT2D eigenvalue weighted by atomic mass is 16.5. The van der Waals surface area contributed by atoms with E-state index in [0.717, 1.165) is 18.6 Å². The van der Waals surface area contributed by atoms with Crippen molar-refractivity contribution in [3.05, 3.63) is 0 Å². The molecule has 0 aromatic heterocycles. The highest BCUT2D eigenvalue weighted by Gasteiger charge is 2.47. The number of ether oxygens (including phenoxy) is 1. The molecule has 0 N–H and O–H groups in total. The first-order valence-corrected chi connectivity index (χ1v) is 7.53. The van der Waals surface area contributed by atoms with E-state index in [9.17, 15) is 0 Å². The van der Waals surface area contributed by atoms with Crippen molar-refractivity contribution >= 4 is 0 Å². The van der Waals surface area contributed by atoms with E-state index >= 15 is 0 Å². The second kappa shape index (κ2) is 4.55. The normalized spacial score (nSPS) is 35.5. The second-order valence-corrected chi connectivity index (χ2v) is 6.96. The van der Waals surface area contributed by atoms with Gasteiger partial charge in [0.05, 0.1) is 12.7 Å². The van der Waals surface area contributed by atoms with Gasteiger partial charge < -0.3 is 4.74 Å². The molecule has 2 aliphatic heterocycles. The van der Waals surface area contributed by atoms with Gasteiger partial charge in [-0.1, -0.05) is 0 Å². The van der Waals surface area contributed by atoms with Gasteiger partial charge in [-0.2, -0.15) is 0 Å². The van der Waals surface area contributed by atoms with Gasteiger partial charge in [0.25, 0.3) is 0 Å². The molecular formula is C15H27NO. The summed E-state index contributed by atoms with van der Waals surface area (Å²) in [5.41, 5.74) is 0.543. The third kappa shape index (κ3) is 2.68. The van der Waals surface area contributed by atoms with Gasteiger partial charge in [0.15, 0.2) is 0 Å². The first-order valence-electron chi connectivity index (χ1n) is 7.53. The van der Waals surface area contributed by atoms with E-state index in [4.69, 9.17) is 4.74 Å². The number of piperidine rings is 2. The third-order valence-electron chi connectivity index (χ3n) is 5.04. The van der Waals surface area contributed by atoms with Crippen molar-refractivity contribution in [3.63, 3.8) is 0 Å². The lowest BCUT2D eigenvalue weighted by Gasteiger charge is -2.46. The van der Waals surface area contributed by atoms with Gasteiger partial charge in [-0.05, 0) is 58.3 Å². The summed E-state index contributed by atoms with van der Waals surface area (Å²) in [4.78, 5) is 2.80. The van der Waals surface area contributed by atoms with Crippen LogP contribution in [0.5, 0.6) is 0 Å². The Hall–Kier alpha value is -0.0800. The molecule has 0 unspecified atom stereocenters. The molecule has 4 aliphatic rings. The van der Waals surface area contributed by atoms with Crippen molar-refractivity contribution in [2.75, 3.05) is 19.7 Å². The number of fused-ring (bicyclic) bond motifs is 3. The summed E-state index contributed by atoms with van der Waals surface area (Å²) in [7, 11) is 0. The summed E-state index contributed by atoms with van der Waals surface area (Å²) in [6.07, 6.45) is 9.11. The fraction of sp³-hybridized carbons (Fsp3) is 1.00. The first kappa shape index (κ1) is 12.0. The lowest BCUT2D eigenvalue weighted by molar-refractivity contribution is -0.00505. The highest BCUT2D eigenvalue weighted by molar-refractivity contribution is 4.99. The minimum absolute atomic E-state index is 0.394. The number of hydrogen-bond donors (Lipinski definition) is 0. The standard InChI is InChI=1S/C15H27NO/c1-12(2)17-11-15(7-8-15)10-16-9-13-3-5-14(16)6-4-13/h12-14H,3-11H2,1-2H3/t13-,14+. The van der Waals surface area contributed by atoms with Crippen LogP contribution in [0.4, 0.5) is 0 Å². The highest BCUT2D eigenvalue weighted by Crippen LogP contribution is 2.48. The molecule has 0 spiro atoms. The topological polar surface area (TPSA) is 12.5 Å². The average Bonchev–Trinajstić information content (AvgIpc) is 3.09. The van der Waals surface area contributed by atoms with Crippen LogP contribution < -0.4 is 0 Å². The molecule has 17 heavy (non-hydrogen) atoms. The van der Waals surface area contributed by atoms with Crippen molar-refractivity contribution in [2.45, 2.75) is 64.5 Å². The SMILES string of the molecule is CC(C)OCC1(CN2C[C@H]3CC[C@@H]2CC3)CC1. The first-order chi connectivity index (χ1) is 8.17. The van der Waals surface area contributed by atoms with Crippen molar-refractivity contribution < 1.29 is 4.74 Å². The van der Waals surface area contributed by atoms with Crippen molar-refractivity contribution in [2.24, 2.45) is 11.3 Å². The summed E-state index contributed by atoms with van der Waals surface area (Å²) in [5, 5.41) is 0. The summed E-state index contributed by atoms with van der Waals surface area (Å²) < 4.78 is 5.86. The average molecular weight is 237 g/mol. The van der Waals surface area contributed by atoms with Crippen molar-refractivity contribution in [3.8, 4) is 0 Å². The van der Waals surface area contributed by atoms with E-state index in [-0.39, 0.29) is 0 Å². The molecule has 98 valence electrons. The molecule has 0 radical (unpaired) electrons. The fourth-order valence-electron chi connectivity index (χ4n) is 3.67. The molecule has 4 rings (SSSR count). The Kier molecular flexibility index (Phi) is 3.20. The maximum atomic E-state index is 5.86. The van der Waals surface area contributed by atoms with Crippen LogP contribution in [0.2, 0.25) is 0 Å². The maximum absolute atomic E-state index is 5.86. The molecule has 4 fully saturated rings. The molecular weight excluding hydrogens is 210 g/mol. The van der Waals surface area contributed by atoms with E-state index in [1.165, 1.54) is 51.6 Å². The molecule has 0 amide bonds. The molecule has 2 saturated carbocycles. The van der Waals surface area contributed by atoms with E-state index in [1.807, 2.05) is 0 Å². The molecule has 2 nitrogen and oxygen atoms in total. The van der Waals surface area contributed by atoms with Gasteiger partial charge >= 0.3 is 0 Å². The molecule has 2 heterocycles. The van der Waals surface area contributed by atoms with Gasteiger partial charge in [-0.3, -0.25) is 4.90 Å². The van der Waals surface area contributed by atoms with Crippen LogP contribution in [-0.4, -0.2) is 36.7 Å². The van der Waals surface area contributed by atoms with Crippen LogP contribution in [-0.2, 0) is 4.74 Å². The van der Waals surface area contributed by atoms with Crippen LogP contribution in [0, 0.1) is 11.3 Å².